The van der Waals surface area contributed by atoms with E-state index in [4.69, 9.17) is 11.6 Å². The highest BCUT2D eigenvalue weighted by atomic mass is 35.5. The molecule has 2 atom stereocenters. The molecule has 96 valence electrons. The van der Waals surface area contributed by atoms with Crippen LogP contribution in [0, 0.1) is 0 Å². The minimum atomic E-state index is -3.53. The summed E-state index contributed by atoms with van der Waals surface area (Å²) in [6.45, 7) is 2.63. The predicted octanol–water partition coefficient (Wildman–Crippen LogP) is 1.34. The third-order valence-electron chi connectivity index (χ3n) is 2.99. The zero-order chi connectivity index (χ0) is 12.5. The molecule has 1 fully saturated rings. The van der Waals surface area contributed by atoms with Gasteiger partial charge in [0.1, 0.15) is 0 Å². The molecule has 1 aliphatic carbocycles. The Hall–Kier alpha value is -0.590. The molecule has 0 aromatic carbocycles. The second-order valence-corrected chi connectivity index (χ2v) is 6.44. The fraction of sp³-hybridized carbons (Fsp3) is 0.700. The van der Waals surface area contributed by atoms with Crippen LogP contribution < -0.4 is 4.72 Å². The Morgan fingerprint density at radius 3 is 2.88 bits per heavy atom. The topological polar surface area (TPSA) is 64.0 Å². The largest absolute Gasteiger partial charge is 0.336 e. The molecule has 1 saturated carbocycles. The number of hydrogen-bond acceptors (Lipinski definition) is 3. The molecule has 0 aliphatic heterocycles. The quantitative estimate of drug-likeness (QED) is 0.845. The van der Waals surface area contributed by atoms with Crippen LogP contribution in [-0.2, 0) is 16.6 Å². The first kappa shape index (κ1) is 12.9. The number of aromatic nitrogens is 2. The number of aryl methyl sites for hydroxylation is 1. The third-order valence-corrected chi connectivity index (χ3v) is 4.89. The lowest BCUT2D eigenvalue weighted by Crippen LogP contribution is -2.37. The summed E-state index contributed by atoms with van der Waals surface area (Å²) in [6, 6.07) is -0.173. The first-order valence-electron chi connectivity index (χ1n) is 5.71. The summed E-state index contributed by atoms with van der Waals surface area (Å²) in [7, 11) is -3.53. The molecule has 1 aliphatic rings. The van der Waals surface area contributed by atoms with Crippen LogP contribution in [0.2, 0.25) is 0 Å². The molecule has 17 heavy (non-hydrogen) atoms. The average Bonchev–Trinajstić information content (AvgIpc) is 2.88. The van der Waals surface area contributed by atoms with Gasteiger partial charge in [-0.1, -0.05) is 6.42 Å². The predicted molar refractivity (Wildman–Crippen MR) is 65.5 cm³/mol. The maximum absolute atomic E-state index is 12.0. The third kappa shape index (κ3) is 2.81. The Morgan fingerprint density at radius 2 is 2.35 bits per heavy atom. The van der Waals surface area contributed by atoms with Gasteiger partial charge in [-0.25, -0.2) is 18.1 Å². The van der Waals surface area contributed by atoms with Crippen LogP contribution in [0.25, 0.3) is 0 Å². The number of nitrogens with one attached hydrogen (secondary N) is 1. The summed E-state index contributed by atoms with van der Waals surface area (Å²) in [5.41, 5.74) is 0. The van der Waals surface area contributed by atoms with Crippen molar-refractivity contribution in [3.63, 3.8) is 0 Å². The molecule has 0 radical (unpaired) electrons. The Morgan fingerprint density at radius 1 is 1.59 bits per heavy atom. The van der Waals surface area contributed by atoms with Gasteiger partial charge in [-0.05, 0) is 19.8 Å². The van der Waals surface area contributed by atoms with Crippen LogP contribution >= 0.6 is 11.6 Å². The zero-order valence-electron chi connectivity index (χ0n) is 9.63. The van der Waals surface area contributed by atoms with E-state index in [2.05, 4.69) is 9.71 Å². The Bertz CT molecular complexity index is 485. The molecule has 0 bridgehead atoms. The number of alkyl halides is 1. The summed E-state index contributed by atoms with van der Waals surface area (Å²) < 4.78 is 28.4. The van der Waals surface area contributed by atoms with Gasteiger partial charge in [-0.15, -0.1) is 11.6 Å². The molecule has 0 spiro atoms. The number of sulfonamides is 1. The van der Waals surface area contributed by atoms with Crippen LogP contribution in [0.15, 0.2) is 17.6 Å². The van der Waals surface area contributed by atoms with Gasteiger partial charge in [0.15, 0.2) is 5.03 Å². The summed E-state index contributed by atoms with van der Waals surface area (Å²) in [5, 5.41) is -0.0480. The van der Waals surface area contributed by atoms with E-state index < -0.39 is 10.0 Å². The molecule has 1 N–H and O–H groups in total. The number of rotatable bonds is 4. The molecule has 2 unspecified atom stereocenters. The molecule has 5 nitrogen and oxygen atoms in total. The van der Waals surface area contributed by atoms with Crippen molar-refractivity contribution in [2.75, 3.05) is 0 Å². The summed E-state index contributed by atoms with van der Waals surface area (Å²) in [6.07, 6.45) is 5.66. The van der Waals surface area contributed by atoms with Crippen molar-refractivity contribution in [1.29, 1.82) is 0 Å². The maximum Gasteiger partial charge on any atom is 0.259 e. The molecule has 7 heteroatoms. The molecule has 2 rings (SSSR count). The van der Waals surface area contributed by atoms with Gasteiger partial charge in [0.05, 0.1) is 6.33 Å². The van der Waals surface area contributed by atoms with Crippen LogP contribution in [0.5, 0.6) is 0 Å². The van der Waals surface area contributed by atoms with Crippen molar-refractivity contribution < 1.29 is 8.42 Å². The maximum atomic E-state index is 12.0. The lowest BCUT2D eigenvalue weighted by atomic mass is 10.3. The van der Waals surface area contributed by atoms with E-state index in [1.807, 2.05) is 6.92 Å². The average molecular weight is 278 g/mol. The standard InChI is InChI=1S/C10H16ClN3O2S/c1-2-14-6-10(12-7-14)17(15,16)13-9-5-3-4-8(9)11/h6-9,13H,2-5H2,1H3. The van der Waals surface area contributed by atoms with Crippen LogP contribution in [-0.4, -0.2) is 29.4 Å². The summed E-state index contributed by atoms with van der Waals surface area (Å²) in [4.78, 5) is 3.90. The molecular formula is C10H16ClN3O2S. The highest BCUT2D eigenvalue weighted by molar-refractivity contribution is 7.89. The van der Waals surface area contributed by atoms with Gasteiger partial charge in [0.25, 0.3) is 10.0 Å². The van der Waals surface area contributed by atoms with Gasteiger partial charge in [0.2, 0.25) is 0 Å². The van der Waals surface area contributed by atoms with E-state index in [1.165, 1.54) is 12.5 Å². The lowest BCUT2D eigenvalue weighted by Gasteiger charge is -2.14. The molecule has 0 amide bonds. The van der Waals surface area contributed by atoms with Crippen LogP contribution in [0.3, 0.4) is 0 Å². The fourth-order valence-corrected chi connectivity index (χ4v) is 3.64. The van der Waals surface area contributed by atoms with E-state index in [1.54, 1.807) is 4.57 Å². The van der Waals surface area contributed by atoms with Gasteiger partial charge < -0.3 is 4.57 Å². The Balaban J connectivity index is 2.13. The monoisotopic (exact) mass is 277 g/mol. The fourth-order valence-electron chi connectivity index (χ4n) is 1.96. The van der Waals surface area contributed by atoms with E-state index in [9.17, 15) is 8.42 Å². The van der Waals surface area contributed by atoms with E-state index in [-0.39, 0.29) is 16.4 Å². The second-order valence-electron chi connectivity index (χ2n) is 4.22. The summed E-state index contributed by atoms with van der Waals surface area (Å²) in [5.74, 6) is 0. The smallest absolute Gasteiger partial charge is 0.259 e. The van der Waals surface area contributed by atoms with Gasteiger partial charge in [0, 0.05) is 24.2 Å². The minimum Gasteiger partial charge on any atom is -0.336 e. The number of nitrogens with zero attached hydrogens (tertiary/aromatic N) is 2. The van der Waals surface area contributed by atoms with Crippen LogP contribution in [0.1, 0.15) is 26.2 Å². The molecule has 1 aromatic heterocycles. The van der Waals surface area contributed by atoms with E-state index >= 15 is 0 Å². The normalized spacial score (nSPS) is 25.3. The van der Waals surface area contributed by atoms with Gasteiger partial charge in [-0.3, -0.25) is 0 Å². The molecule has 0 saturated heterocycles. The zero-order valence-corrected chi connectivity index (χ0v) is 11.2. The van der Waals surface area contributed by atoms with Crippen molar-refractivity contribution in [3.8, 4) is 0 Å². The van der Waals surface area contributed by atoms with E-state index in [0.717, 1.165) is 19.3 Å². The second kappa shape index (κ2) is 4.96. The highest BCUT2D eigenvalue weighted by Crippen LogP contribution is 2.25. The van der Waals surface area contributed by atoms with Crippen molar-refractivity contribution in [2.45, 2.75) is 49.2 Å². The first-order valence-corrected chi connectivity index (χ1v) is 7.63. The minimum absolute atomic E-state index is 0.0649. The van der Waals surface area contributed by atoms with Gasteiger partial charge >= 0.3 is 0 Å². The lowest BCUT2D eigenvalue weighted by molar-refractivity contribution is 0.551. The van der Waals surface area contributed by atoms with Crippen molar-refractivity contribution in [1.82, 2.24) is 14.3 Å². The molecule has 1 aromatic rings. The highest BCUT2D eigenvalue weighted by Gasteiger charge is 2.30. The van der Waals surface area contributed by atoms with Crippen molar-refractivity contribution in [3.05, 3.63) is 12.5 Å². The van der Waals surface area contributed by atoms with Crippen LogP contribution in [0.4, 0.5) is 0 Å². The van der Waals surface area contributed by atoms with Gasteiger partial charge in [-0.2, -0.15) is 0 Å². The van der Waals surface area contributed by atoms with Crippen molar-refractivity contribution in [2.24, 2.45) is 0 Å². The number of imidazole rings is 1. The number of halogens is 1. The molecule has 1 heterocycles. The first-order chi connectivity index (χ1) is 8.03. The Kier molecular flexibility index (Phi) is 3.75. The SMILES string of the molecule is CCn1cnc(S(=O)(=O)NC2CCCC2Cl)c1. The van der Waals surface area contributed by atoms with E-state index in [0.29, 0.717) is 6.54 Å². The summed E-state index contributed by atoms with van der Waals surface area (Å²) >= 11 is 6.05. The molecular weight excluding hydrogens is 262 g/mol. The number of hydrogen-bond donors (Lipinski definition) is 1. The Labute approximate surface area is 106 Å². The van der Waals surface area contributed by atoms with Crippen molar-refractivity contribution >= 4 is 21.6 Å².